The number of aromatic nitrogens is 2. The number of pyridine rings is 1. The third kappa shape index (κ3) is 1.64. The van der Waals surface area contributed by atoms with Crippen molar-refractivity contribution in [2.75, 3.05) is 0 Å². The van der Waals surface area contributed by atoms with Crippen molar-refractivity contribution in [2.24, 2.45) is 0 Å². The largest absolute Gasteiger partial charge is 0.386 e. The molecule has 2 rings (SSSR count). The molecule has 0 aliphatic rings. The van der Waals surface area contributed by atoms with Crippen LogP contribution in [0.1, 0.15) is 19.4 Å². The Labute approximate surface area is 95.9 Å². The van der Waals surface area contributed by atoms with Crippen molar-refractivity contribution in [1.82, 2.24) is 9.38 Å². The van der Waals surface area contributed by atoms with E-state index in [0.717, 1.165) is 14.9 Å². The van der Waals surface area contributed by atoms with E-state index in [1.807, 2.05) is 28.9 Å². The van der Waals surface area contributed by atoms with Gasteiger partial charge in [-0.1, -0.05) is 6.07 Å². The van der Waals surface area contributed by atoms with Gasteiger partial charge in [-0.25, -0.2) is 4.98 Å². The summed E-state index contributed by atoms with van der Waals surface area (Å²) in [4.78, 5) is 4.22. The molecule has 0 bridgehead atoms. The van der Waals surface area contributed by atoms with Gasteiger partial charge in [0.25, 0.3) is 0 Å². The zero-order valence-corrected chi connectivity index (χ0v) is 10.2. The molecule has 0 amide bonds. The minimum Gasteiger partial charge on any atom is -0.386 e. The summed E-state index contributed by atoms with van der Waals surface area (Å²) < 4.78 is 3.01. The van der Waals surface area contributed by atoms with E-state index in [2.05, 4.69) is 27.6 Å². The maximum Gasteiger partial charge on any atom is 0.137 e. The monoisotopic (exact) mass is 302 g/mol. The summed E-state index contributed by atoms with van der Waals surface area (Å²) in [5.74, 6) is 0. The number of imidazole rings is 1. The lowest BCUT2D eigenvalue weighted by Gasteiger charge is -2.17. The Kier molecular flexibility index (Phi) is 2.27. The summed E-state index contributed by atoms with van der Waals surface area (Å²) in [5.41, 5.74) is 0.991. The smallest absolute Gasteiger partial charge is 0.137 e. The van der Waals surface area contributed by atoms with Crippen LogP contribution in [0.4, 0.5) is 0 Å². The molecule has 0 saturated heterocycles. The molecular formula is C10H11IN2O. The first-order valence-corrected chi connectivity index (χ1v) is 5.42. The third-order valence-electron chi connectivity index (χ3n) is 2.17. The summed E-state index contributed by atoms with van der Waals surface area (Å²) in [7, 11) is 0. The van der Waals surface area contributed by atoms with Crippen molar-refractivity contribution in [3.05, 3.63) is 33.8 Å². The van der Waals surface area contributed by atoms with E-state index in [4.69, 9.17) is 0 Å². The van der Waals surface area contributed by atoms with Crippen LogP contribution in [0.15, 0.2) is 24.5 Å². The summed E-state index contributed by atoms with van der Waals surface area (Å²) in [6.45, 7) is 3.55. The van der Waals surface area contributed by atoms with Gasteiger partial charge in [-0.05, 0) is 48.1 Å². The molecule has 0 fully saturated rings. The van der Waals surface area contributed by atoms with Crippen LogP contribution in [0, 0.1) is 3.70 Å². The molecule has 0 aliphatic heterocycles. The number of nitrogens with zero attached hydrogens (tertiary/aromatic N) is 2. The van der Waals surface area contributed by atoms with Crippen LogP contribution < -0.4 is 0 Å². The molecule has 0 unspecified atom stereocenters. The van der Waals surface area contributed by atoms with Crippen LogP contribution in [-0.2, 0) is 5.60 Å². The predicted molar refractivity (Wildman–Crippen MR) is 63.2 cm³/mol. The van der Waals surface area contributed by atoms with Gasteiger partial charge in [0, 0.05) is 6.20 Å². The highest BCUT2D eigenvalue weighted by atomic mass is 127. The van der Waals surface area contributed by atoms with Gasteiger partial charge < -0.3 is 5.11 Å². The molecule has 1 N–H and O–H groups in total. The Bertz CT molecular complexity index is 470. The molecule has 0 saturated carbocycles. The van der Waals surface area contributed by atoms with Crippen molar-refractivity contribution in [3.8, 4) is 0 Å². The fourth-order valence-corrected chi connectivity index (χ4v) is 1.84. The van der Waals surface area contributed by atoms with E-state index in [0.29, 0.717) is 0 Å². The fraction of sp³-hybridized carbons (Fsp3) is 0.300. The van der Waals surface area contributed by atoms with Gasteiger partial charge in [-0.2, -0.15) is 0 Å². The molecule has 0 spiro atoms. The van der Waals surface area contributed by atoms with Gasteiger partial charge >= 0.3 is 0 Å². The second-order valence-electron chi connectivity index (χ2n) is 3.79. The lowest BCUT2D eigenvalue weighted by atomic mass is 10.0. The average Bonchev–Trinajstić information content (AvgIpc) is 2.46. The van der Waals surface area contributed by atoms with E-state index < -0.39 is 5.60 Å². The first kappa shape index (κ1) is 9.92. The molecule has 0 aliphatic carbocycles. The zero-order chi connectivity index (χ0) is 10.3. The molecule has 0 aromatic carbocycles. The van der Waals surface area contributed by atoms with E-state index >= 15 is 0 Å². The number of fused-ring (bicyclic) bond motifs is 1. The van der Waals surface area contributed by atoms with Gasteiger partial charge in [0.15, 0.2) is 0 Å². The molecule has 74 valence electrons. The number of aliphatic hydroxyl groups is 1. The van der Waals surface area contributed by atoms with Gasteiger partial charge in [-0.15, -0.1) is 0 Å². The number of rotatable bonds is 1. The van der Waals surface area contributed by atoms with Gasteiger partial charge in [0.05, 0.1) is 11.8 Å². The molecule has 14 heavy (non-hydrogen) atoms. The summed E-state index contributed by atoms with van der Waals surface area (Å²) in [6, 6.07) is 3.81. The lowest BCUT2D eigenvalue weighted by Crippen LogP contribution is -2.16. The molecule has 0 radical (unpaired) electrons. The van der Waals surface area contributed by atoms with Crippen molar-refractivity contribution in [2.45, 2.75) is 19.4 Å². The second kappa shape index (κ2) is 3.20. The average molecular weight is 302 g/mol. The Morgan fingerprint density at radius 3 is 2.79 bits per heavy atom. The minimum absolute atomic E-state index is 0.804. The van der Waals surface area contributed by atoms with Crippen LogP contribution >= 0.6 is 22.6 Å². The highest BCUT2D eigenvalue weighted by Gasteiger charge is 2.16. The highest BCUT2D eigenvalue weighted by Crippen LogP contribution is 2.20. The predicted octanol–water partition coefficient (Wildman–Crippen LogP) is 2.17. The molecule has 0 atom stereocenters. The maximum absolute atomic E-state index is 9.84. The van der Waals surface area contributed by atoms with Crippen molar-refractivity contribution in [1.29, 1.82) is 0 Å². The Hall–Kier alpha value is -0.620. The summed E-state index contributed by atoms with van der Waals surface area (Å²) in [5, 5.41) is 9.84. The number of hydrogen-bond donors (Lipinski definition) is 1. The maximum atomic E-state index is 9.84. The Morgan fingerprint density at radius 1 is 1.43 bits per heavy atom. The Balaban J connectivity index is 2.66. The normalized spacial score (nSPS) is 12.3. The van der Waals surface area contributed by atoms with E-state index in [-0.39, 0.29) is 0 Å². The van der Waals surface area contributed by atoms with E-state index in [1.165, 1.54) is 0 Å². The number of hydrogen-bond acceptors (Lipinski definition) is 2. The van der Waals surface area contributed by atoms with Crippen LogP contribution in [-0.4, -0.2) is 14.5 Å². The first-order chi connectivity index (χ1) is 6.48. The van der Waals surface area contributed by atoms with E-state index in [1.54, 1.807) is 13.8 Å². The summed E-state index contributed by atoms with van der Waals surface area (Å²) >= 11 is 2.22. The van der Waals surface area contributed by atoms with Crippen LogP contribution in [0.3, 0.4) is 0 Å². The fourth-order valence-electron chi connectivity index (χ4n) is 1.31. The lowest BCUT2D eigenvalue weighted by molar-refractivity contribution is 0.0781. The second-order valence-corrected chi connectivity index (χ2v) is 4.89. The minimum atomic E-state index is -0.804. The summed E-state index contributed by atoms with van der Waals surface area (Å²) in [6.07, 6.45) is 3.73. The standard InChI is InChI=1S/C10H11IN2O/c1-10(2,14)7-3-4-9-12-5-8(11)13(9)6-7/h3-6,14H,1-2H3. The zero-order valence-electron chi connectivity index (χ0n) is 8.03. The van der Waals surface area contributed by atoms with Gasteiger partial charge in [-0.3, -0.25) is 4.40 Å². The molecular weight excluding hydrogens is 291 g/mol. The van der Waals surface area contributed by atoms with Gasteiger partial charge in [0.2, 0.25) is 0 Å². The van der Waals surface area contributed by atoms with E-state index in [9.17, 15) is 5.11 Å². The van der Waals surface area contributed by atoms with Gasteiger partial charge in [0.1, 0.15) is 9.35 Å². The van der Waals surface area contributed by atoms with Crippen molar-refractivity contribution in [3.63, 3.8) is 0 Å². The number of halogens is 1. The van der Waals surface area contributed by atoms with Crippen LogP contribution in [0.5, 0.6) is 0 Å². The van der Waals surface area contributed by atoms with Crippen molar-refractivity contribution < 1.29 is 5.11 Å². The van der Waals surface area contributed by atoms with Crippen molar-refractivity contribution >= 4 is 28.2 Å². The third-order valence-corrected chi connectivity index (χ3v) is 2.97. The topological polar surface area (TPSA) is 37.5 Å². The Morgan fingerprint density at radius 2 is 2.14 bits per heavy atom. The van der Waals surface area contributed by atoms with Crippen LogP contribution in [0.2, 0.25) is 0 Å². The highest BCUT2D eigenvalue weighted by molar-refractivity contribution is 14.1. The molecule has 4 heteroatoms. The first-order valence-electron chi connectivity index (χ1n) is 4.34. The quantitative estimate of drug-likeness (QED) is 0.820. The molecule has 2 aromatic rings. The SMILES string of the molecule is CC(C)(O)c1ccc2ncc(I)n2c1. The molecule has 3 nitrogen and oxygen atoms in total. The molecule has 2 heterocycles. The van der Waals surface area contributed by atoms with Crippen LogP contribution in [0.25, 0.3) is 5.65 Å². The molecule has 2 aromatic heterocycles.